The van der Waals surface area contributed by atoms with E-state index in [1.165, 1.54) is 0 Å². The van der Waals surface area contributed by atoms with Crippen molar-refractivity contribution in [1.29, 1.82) is 0 Å². The molecular formula is C28H33ClN4O4S. The van der Waals surface area contributed by atoms with Gasteiger partial charge in [-0.1, -0.05) is 54.9 Å². The van der Waals surface area contributed by atoms with Gasteiger partial charge in [-0.05, 0) is 62.6 Å². The van der Waals surface area contributed by atoms with Crippen LogP contribution in [-0.4, -0.2) is 39.7 Å². The highest BCUT2D eigenvalue weighted by atomic mass is 35.5. The molecule has 1 atom stereocenters. The summed E-state index contributed by atoms with van der Waals surface area (Å²) in [7, 11) is 0. The molecule has 0 saturated heterocycles. The van der Waals surface area contributed by atoms with Gasteiger partial charge in [0, 0.05) is 16.5 Å². The smallest absolute Gasteiger partial charge is 0.338 e. The van der Waals surface area contributed by atoms with Crippen LogP contribution in [0.15, 0.2) is 58.9 Å². The molecule has 1 N–H and O–H groups in total. The van der Waals surface area contributed by atoms with Gasteiger partial charge >= 0.3 is 5.97 Å². The van der Waals surface area contributed by atoms with E-state index >= 15 is 0 Å². The number of unbranched alkanes of at least 4 members (excludes halogenated alkanes) is 1. The molecule has 4 rings (SSSR count). The lowest BCUT2D eigenvalue weighted by Crippen LogP contribution is -2.29. The minimum absolute atomic E-state index is 0.270. The van der Waals surface area contributed by atoms with Crippen LogP contribution in [0.2, 0.25) is 5.02 Å². The van der Waals surface area contributed by atoms with Crippen molar-refractivity contribution >= 4 is 35.3 Å². The molecule has 0 bridgehead atoms. The average molecular weight is 557 g/mol. The number of hydrogen-bond donors (Lipinski definition) is 1. The molecule has 10 heteroatoms. The number of anilines is 1. The van der Waals surface area contributed by atoms with E-state index in [-0.39, 0.29) is 6.61 Å². The van der Waals surface area contributed by atoms with E-state index in [0.29, 0.717) is 52.1 Å². The highest BCUT2D eigenvalue weighted by Crippen LogP contribution is 2.40. The fraction of sp³-hybridized carbons (Fsp3) is 0.393. The van der Waals surface area contributed by atoms with Gasteiger partial charge in [0.25, 0.3) is 0 Å². The summed E-state index contributed by atoms with van der Waals surface area (Å²) in [6.07, 6.45) is 2.17. The predicted octanol–water partition coefficient (Wildman–Crippen LogP) is 6.65. The van der Waals surface area contributed by atoms with Gasteiger partial charge < -0.3 is 19.5 Å². The Morgan fingerprint density at radius 3 is 2.58 bits per heavy atom. The average Bonchev–Trinajstić information content (AvgIpc) is 3.30. The number of benzene rings is 2. The van der Waals surface area contributed by atoms with Crippen molar-refractivity contribution in [3.63, 3.8) is 0 Å². The molecule has 202 valence electrons. The number of hydrogen-bond acceptors (Lipinski definition) is 8. The third kappa shape index (κ3) is 6.45. The Balaban J connectivity index is 1.70. The molecule has 38 heavy (non-hydrogen) atoms. The van der Waals surface area contributed by atoms with Crippen molar-refractivity contribution in [2.24, 2.45) is 0 Å². The quantitative estimate of drug-likeness (QED) is 0.151. The van der Waals surface area contributed by atoms with Gasteiger partial charge in [0.05, 0.1) is 18.8 Å². The first-order valence-electron chi connectivity index (χ1n) is 12.8. The lowest BCUT2D eigenvalue weighted by atomic mass is 9.95. The molecule has 3 aromatic rings. The van der Waals surface area contributed by atoms with Crippen molar-refractivity contribution in [1.82, 2.24) is 14.8 Å². The zero-order valence-corrected chi connectivity index (χ0v) is 23.7. The summed E-state index contributed by atoms with van der Waals surface area (Å²) in [4.78, 5) is 17.8. The van der Waals surface area contributed by atoms with E-state index in [2.05, 4.69) is 17.2 Å². The highest BCUT2D eigenvalue weighted by Gasteiger charge is 2.35. The molecular weight excluding hydrogens is 524 g/mol. The summed E-state index contributed by atoms with van der Waals surface area (Å²) in [6, 6.07) is 12.7. The van der Waals surface area contributed by atoms with E-state index in [0.717, 1.165) is 29.7 Å². The number of allylic oxidation sites excluding steroid dienone is 1. The van der Waals surface area contributed by atoms with Crippen LogP contribution in [0.4, 0.5) is 5.95 Å². The Morgan fingerprint density at radius 2 is 1.87 bits per heavy atom. The monoisotopic (exact) mass is 556 g/mol. The molecule has 0 amide bonds. The van der Waals surface area contributed by atoms with E-state index in [1.807, 2.05) is 56.3 Å². The molecule has 1 aromatic heterocycles. The van der Waals surface area contributed by atoms with Gasteiger partial charge in [0.2, 0.25) is 11.1 Å². The Labute approximate surface area is 232 Å². The van der Waals surface area contributed by atoms with Crippen molar-refractivity contribution in [2.75, 3.05) is 24.3 Å². The predicted molar refractivity (Wildman–Crippen MR) is 150 cm³/mol. The van der Waals surface area contributed by atoms with Crippen LogP contribution in [0.25, 0.3) is 0 Å². The molecule has 0 radical (unpaired) electrons. The van der Waals surface area contributed by atoms with Crippen LogP contribution in [0, 0.1) is 0 Å². The fourth-order valence-electron chi connectivity index (χ4n) is 4.11. The van der Waals surface area contributed by atoms with Crippen LogP contribution in [0.1, 0.15) is 57.7 Å². The van der Waals surface area contributed by atoms with E-state index < -0.39 is 12.0 Å². The van der Waals surface area contributed by atoms with E-state index in [9.17, 15) is 4.79 Å². The minimum atomic E-state index is -0.539. The Morgan fingerprint density at radius 1 is 1.08 bits per heavy atom. The first-order valence-corrected chi connectivity index (χ1v) is 14.2. The highest BCUT2D eigenvalue weighted by molar-refractivity contribution is 7.99. The van der Waals surface area contributed by atoms with Crippen molar-refractivity contribution in [2.45, 2.75) is 58.3 Å². The number of rotatable bonds is 12. The third-order valence-electron chi connectivity index (χ3n) is 5.95. The molecule has 2 heterocycles. The number of ether oxygens (including phenoxy) is 3. The first kappa shape index (κ1) is 27.9. The maximum atomic E-state index is 13.1. The zero-order valence-electron chi connectivity index (χ0n) is 22.1. The maximum absolute atomic E-state index is 13.1. The molecule has 0 saturated carbocycles. The summed E-state index contributed by atoms with van der Waals surface area (Å²) < 4.78 is 19.2. The van der Waals surface area contributed by atoms with E-state index in [4.69, 9.17) is 30.9 Å². The van der Waals surface area contributed by atoms with Gasteiger partial charge in [-0.3, -0.25) is 0 Å². The zero-order chi connectivity index (χ0) is 27.1. The Kier molecular flexibility index (Phi) is 9.58. The van der Waals surface area contributed by atoms with Crippen LogP contribution in [0.3, 0.4) is 0 Å². The normalized spacial score (nSPS) is 14.6. The first-order chi connectivity index (χ1) is 18.4. The van der Waals surface area contributed by atoms with Crippen molar-refractivity contribution < 1.29 is 19.0 Å². The van der Waals surface area contributed by atoms with Crippen molar-refractivity contribution in [3.05, 3.63) is 69.9 Å². The minimum Gasteiger partial charge on any atom is -0.490 e. The molecule has 1 unspecified atom stereocenters. The molecule has 8 nitrogen and oxygen atoms in total. The SMILES string of the molecule is CCCCSc1nc2n(n1)C(c1ccc(OCc3ccc(Cl)cc3)c(OCC)c1)C(C(=O)OCC)=C(C)N2. The molecule has 2 aromatic carbocycles. The topological polar surface area (TPSA) is 87.5 Å². The van der Waals surface area contributed by atoms with Gasteiger partial charge in [0.15, 0.2) is 11.5 Å². The Bertz CT molecular complexity index is 1290. The summed E-state index contributed by atoms with van der Waals surface area (Å²) in [5.74, 6) is 2.30. The second kappa shape index (κ2) is 13.1. The molecule has 0 fully saturated rings. The second-order valence-corrected chi connectivity index (χ2v) is 10.2. The van der Waals surface area contributed by atoms with Gasteiger partial charge in [-0.15, -0.1) is 5.10 Å². The standard InChI is InChI=1S/C28H33ClN4O4S/c1-5-8-15-38-28-31-27-30-18(4)24(26(34)36-7-3)25(33(27)32-28)20-11-14-22(23(16-20)35-6-2)37-17-19-9-12-21(29)13-10-19/h9-14,16,25H,5-8,15,17H2,1-4H3,(H,30,31,32). The summed E-state index contributed by atoms with van der Waals surface area (Å²) in [5.41, 5.74) is 2.96. The van der Waals surface area contributed by atoms with Crippen LogP contribution < -0.4 is 14.8 Å². The van der Waals surface area contributed by atoms with E-state index in [1.54, 1.807) is 23.4 Å². The van der Waals surface area contributed by atoms with Crippen LogP contribution in [-0.2, 0) is 16.1 Å². The maximum Gasteiger partial charge on any atom is 0.338 e. The Hall–Kier alpha value is -3.17. The fourth-order valence-corrected chi connectivity index (χ4v) is 5.14. The van der Waals surface area contributed by atoms with Crippen LogP contribution in [0.5, 0.6) is 11.5 Å². The van der Waals surface area contributed by atoms with Crippen LogP contribution >= 0.6 is 23.4 Å². The lowest BCUT2D eigenvalue weighted by Gasteiger charge is -2.28. The molecule has 1 aliphatic heterocycles. The van der Waals surface area contributed by atoms with Gasteiger partial charge in [0.1, 0.15) is 12.6 Å². The summed E-state index contributed by atoms with van der Waals surface area (Å²) in [6.45, 7) is 8.82. The number of carbonyl (C=O) groups is 1. The number of nitrogens with zero attached hydrogens (tertiary/aromatic N) is 3. The number of fused-ring (bicyclic) bond motifs is 1. The largest absolute Gasteiger partial charge is 0.490 e. The van der Waals surface area contributed by atoms with Gasteiger partial charge in [-0.2, -0.15) is 4.98 Å². The number of nitrogens with one attached hydrogen (secondary N) is 1. The number of carbonyl (C=O) groups excluding carboxylic acids is 1. The summed E-state index contributed by atoms with van der Waals surface area (Å²) >= 11 is 7.61. The molecule has 1 aliphatic rings. The number of halogens is 1. The third-order valence-corrected chi connectivity index (χ3v) is 7.12. The second-order valence-electron chi connectivity index (χ2n) is 8.71. The summed E-state index contributed by atoms with van der Waals surface area (Å²) in [5, 5.41) is 9.35. The number of thioether (sulfide) groups is 1. The molecule has 0 spiro atoms. The van der Waals surface area contributed by atoms with Gasteiger partial charge in [-0.25, -0.2) is 9.48 Å². The lowest BCUT2D eigenvalue weighted by molar-refractivity contribution is -0.139. The van der Waals surface area contributed by atoms with Crippen molar-refractivity contribution in [3.8, 4) is 11.5 Å². The molecule has 0 aliphatic carbocycles. The number of aromatic nitrogens is 3. The number of esters is 1.